The van der Waals surface area contributed by atoms with Crippen molar-refractivity contribution in [3.8, 4) is 11.5 Å². The number of nitrogens with one attached hydrogen (secondary N) is 3. The van der Waals surface area contributed by atoms with Crippen molar-refractivity contribution in [3.05, 3.63) is 58.7 Å². The van der Waals surface area contributed by atoms with Crippen molar-refractivity contribution in [3.63, 3.8) is 0 Å². The number of imide groups is 4. The average Bonchev–Trinajstić information content (AvgIpc) is 3.57. The fourth-order valence-corrected chi connectivity index (χ4v) is 9.91. The van der Waals surface area contributed by atoms with Gasteiger partial charge in [-0.25, -0.2) is 4.79 Å². The van der Waals surface area contributed by atoms with Crippen LogP contribution in [0.25, 0.3) is 0 Å². The summed E-state index contributed by atoms with van der Waals surface area (Å²) >= 11 is 0. The number of fused-ring (bicyclic) bond motifs is 2. The van der Waals surface area contributed by atoms with Gasteiger partial charge in [0, 0.05) is 89.1 Å². The van der Waals surface area contributed by atoms with Gasteiger partial charge in [-0.1, -0.05) is 0 Å². The van der Waals surface area contributed by atoms with Crippen LogP contribution in [-0.2, 0) is 23.9 Å². The van der Waals surface area contributed by atoms with Gasteiger partial charge in [0.05, 0.1) is 22.3 Å². The Morgan fingerprint density at radius 2 is 1.05 bits per heavy atom. The molecule has 20 heteroatoms. The standard InChI is InChI=1S/C25H30N4O7.C20H22N4O5/c1-24(2,3)36-23(34)28-13-25(14-28)11-27(12-25)8-9-35-15-4-5-16-17(10-15)22(33)29(21(16)32)18-6-7-19(30)26-20(18)31;25-16-4-3-15(17(26)22-16)24-18(27)13-2-1-12(7-14(13)19(24)28)29-6-5-23-10-20(11-23)8-21-9-20/h4-5,10,18H,6-9,11-14H2,1-3H3,(H,26,30,31);1-2,7,15,21H,3-6,8-11H2,(H,22,25,26). The van der Waals surface area contributed by atoms with Crippen LogP contribution in [0.5, 0.6) is 11.5 Å². The van der Waals surface area contributed by atoms with Gasteiger partial charge in [0.1, 0.15) is 42.4 Å². The number of amides is 9. The number of hydrogen-bond donors (Lipinski definition) is 3. The Bertz CT molecular complexity index is 2390. The summed E-state index contributed by atoms with van der Waals surface area (Å²) in [5.74, 6) is -3.17. The summed E-state index contributed by atoms with van der Waals surface area (Å²) in [7, 11) is 0. The van der Waals surface area contributed by atoms with Gasteiger partial charge in [-0.3, -0.25) is 68.6 Å². The molecule has 0 aliphatic carbocycles. The molecular weight excluding hydrogens is 845 g/mol. The smallest absolute Gasteiger partial charge is 0.410 e. The van der Waals surface area contributed by atoms with Crippen LogP contribution in [0.3, 0.4) is 0 Å². The number of hydrogen-bond acceptors (Lipinski definition) is 15. The van der Waals surface area contributed by atoms with Crippen molar-refractivity contribution >= 4 is 53.4 Å². The van der Waals surface area contributed by atoms with Gasteiger partial charge in [-0.05, 0) is 70.0 Å². The molecule has 0 saturated carbocycles. The molecule has 10 rings (SSSR count). The third kappa shape index (κ3) is 8.57. The summed E-state index contributed by atoms with van der Waals surface area (Å²) in [5.41, 5.74) is 1.02. The SMILES string of the molecule is CC(C)(C)OC(=O)N1CC2(CN(CCOc3ccc4c(c3)C(=O)N(C3CCC(=O)NC3=O)C4=O)C2)C1.O=C1CCC(N2C(=O)c3ccc(OCCN4CC5(CNC5)C4)cc3C2=O)C(=O)N1. The molecule has 2 aromatic carbocycles. The molecule has 65 heavy (non-hydrogen) atoms. The first-order valence-electron chi connectivity index (χ1n) is 22.0. The van der Waals surface area contributed by atoms with Crippen molar-refractivity contribution in [1.29, 1.82) is 0 Å². The summed E-state index contributed by atoms with van der Waals surface area (Å²) in [6.07, 6.45) is 0.176. The van der Waals surface area contributed by atoms with Gasteiger partial charge in [0.25, 0.3) is 23.6 Å². The van der Waals surface area contributed by atoms with Crippen LogP contribution in [0.1, 0.15) is 87.9 Å². The molecule has 20 nitrogen and oxygen atoms in total. The van der Waals surface area contributed by atoms with E-state index in [0.29, 0.717) is 49.8 Å². The lowest BCUT2D eigenvalue weighted by atomic mass is 9.73. The maximum atomic E-state index is 12.9. The van der Waals surface area contributed by atoms with Crippen LogP contribution in [-0.4, -0.2) is 174 Å². The van der Waals surface area contributed by atoms with Crippen LogP contribution in [0.2, 0.25) is 0 Å². The Labute approximate surface area is 374 Å². The molecule has 9 amide bonds. The minimum Gasteiger partial charge on any atom is -0.492 e. The van der Waals surface area contributed by atoms with Gasteiger partial charge in [0.2, 0.25) is 23.6 Å². The Hall–Kier alpha value is -6.25. The van der Waals surface area contributed by atoms with E-state index in [9.17, 15) is 43.2 Å². The lowest BCUT2D eigenvalue weighted by Gasteiger charge is -2.59. The zero-order valence-corrected chi connectivity index (χ0v) is 36.6. The van der Waals surface area contributed by atoms with E-state index in [-0.39, 0.29) is 65.4 Å². The van der Waals surface area contributed by atoms with Crippen molar-refractivity contribution in [2.45, 2.75) is 64.1 Å². The van der Waals surface area contributed by atoms with E-state index in [1.165, 1.54) is 12.1 Å². The van der Waals surface area contributed by atoms with E-state index in [2.05, 4.69) is 25.8 Å². The minimum atomic E-state index is -0.990. The maximum Gasteiger partial charge on any atom is 0.410 e. The maximum absolute atomic E-state index is 12.9. The van der Waals surface area contributed by atoms with E-state index >= 15 is 0 Å². The first-order valence-corrected chi connectivity index (χ1v) is 22.0. The molecule has 8 heterocycles. The quantitative estimate of drug-likeness (QED) is 0.274. The number of ether oxygens (including phenoxy) is 3. The third-order valence-corrected chi connectivity index (χ3v) is 13.1. The van der Waals surface area contributed by atoms with Gasteiger partial charge < -0.3 is 24.4 Å². The van der Waals surface area contributed by atoms with E-state index < -0.39 is 59.0 Å². The predicted octanol–water partition coefficient (Wildman–Crippen LogP) is 0.391. The highest BCUT2D eigenvalue weighted by Crippen LogP contribution is 2.40. The summed E-state index contributed by atoms with van der Waals surface area (Å²) < 4.78 is 17.0. The highest BCUT2D eigenvalue weighted by molar-refractivity contribution is 6.24. The van der Waals surface area contributed by atoms with Crippen molar-refractivity contribution < 1.29 is 57.4 Å². The van der Waals surface area contributed by atoms with E-state index in [1.54, 1.807) is 29.2 Å². The molecule has 0 bridgehead atoms. The molecule has 8 aliphatic rings. The number of rotatable bonds is 10. The monoisotopic (exact) mass is 896 g/mol. The van der Waals surface area contributed by atoms with Crippen LogP contribution < -0.4 is 25.4 Å². The molecule has 2 atom stereocenters. The second-order valence-corrected chi connectivity index (χ2v) is 19.4. The van der Waals surface area contributed by atoms with E-state index in [1.807, 2.05) is 20.8 Å². The van der Waals surface area contributed by atoms with Crippen LogP contribution >= 0.6 is 0 Å². The lowest BCUT2D eigenvalue weighted by molar-refractivity contribution is -0.137. The number of piperidine rings is 2. The predicted molar refractivity (Wildman–Crippen MR) is 226 cm³/mol. The molecule has 0 aromatic heterocycles. The van der Waals surface area contributed by atoms with Crippen molar-refractivity contribution in [2.24, 2.45) is 10.8 Å². The number of carbonyl (C=O) groups is 9. The Kier molecular flexibility index (Phi) is 11.3. The zero-order valence-electron chi connectivity index (χ0n) is 36.6. The van der Waals surface area contributed by atoms with E-state index in [4.69, 9.17) is 14.2 Å². The van der Waals surface area contributed by atoms with Crippen molar-refractivity contribution in [1.82, 2.24) is 40.4 Å². The van der Waals surface area contributed by atoms with Gasteiger partial charge in [0.15, 0.2) is 0 Å². The molecule has 2 unspecified atom stereocenters. The molecule has 0 radical (unpaired) electrons. The molecule has 344 valence electrons. The molecular formula is C45H52N8O12. The fraction of sp³-hybridized carbons (Fsp3) is 0.533. The highest BCUT2D eigenvalue weighted by atomic mass is 16.6. The van der Waals surface area contributed by atoms with Gasteiger partial charge in [-0.2, -0.15) is 0 Å². The normalized spacial score (nSPS) is 24.3. The van der Waals surface area contributed by atoms with Gasteiger partial charge >= 0.3 is 6.09 Å². The van der Waals surface area contributed by atoms with Crippen molar-refractivity contribution in [2.75, 3.05) is 78.7 Å². The number of nitrogens with zero attached hydrogens (tertiary/aromatic N) is 5. The molecule has 6 saturated heterocycles. The average molecular weight is 897 g/mol. The fourth-order valence-electron chi connectivity index (χ4n) is 9.91. The van der Waals surface area contributed by atoms with Crippen LogP contribution in [0, 0.1) is 10.8 Å². The summed E-state index contributed by atoms with van der Waals surface area (Å²) in [4.78, 5) is 119. The van der Waals surface area contributed by atoms with E-state index in [0.717, 1.165) is 55.6 Å². The van der Waals surface area contributed by atoms with Crippen LogP contribution in [0.4, 0.5) is 4.79 Å². The lowest BCUT2D eigenvalue weighted by Crippen LogP contribution is -2.73. The molecule has 2 aromatic rings. The number of benzene rings is 2. The second-order valence-electron chi connectivity index (χ2n) is 19.4. The Morgan fingerprint density at radius 3 is 1.45 bits per heavy atom. The molecule has 6 fully saturated rings. The van der Waals surface area contributed by atoms with Crippen LogP contribution in [0.15, 0.2) is 36.4 Å². The first-order chi connectivity index (χ1) is 30.9. The second kappa shape index (κ2) is 16.6. The molecule has 2 spiro atoms. The van der Waals surface area contributed by atoms with Gasteiger partial charge in [-0.15, -0.1) is 0 Å². The molecule has 8 aliphatic heterocycles. The topological polar surface area (TPSA) is 234 Å². The summed E-state index contributed by atoms with van der Waals surface area (Å²) in [6.45, 7) is 15.5. The highest BCUT2D eigenvalue weighted by Gasteiger charge is 2.54. The summed E-state index contributed by atoms with van der Waals surface area (Å²) in [5, 5.41) is 7.69. The Morgan fingerprint density at radius 1 is 0.615 bits per heavy atom. The zero-order chi connectivity index (χ0) is 46.0. The number of carbonyl (C=O) groups excluding carboxylic acids is 9. The first kappa shape index (κ1) is 44.0. The Balaban J connectivity index is 0.000000168. The molecule has 3 N–H and O–H groups in total. The number of likely N-dealkylation sites (tertiary alicyclic amines) is 3. The minimum absolute atomic E-state index is 0.0784. The summed E-state index contributed by atoms with van der Waals surface area (Å²) in [6, 6.07) is 7.56. The largest absolute Gasteiger partial charge is 0.492 e. The third-order valence-electron chi connectivity index (χ3n) is 13.1.